The monoisotopic (exact) mass is 457 g/mol. The molecule has 8 nitrogen and oxygen atoms in total. The van der Waals surface area contributed by atoms with Crippen molar-refractivity contribution in [2.24, 2.45) is 0 Å². The summed E-state index contributed by atoms with van der Waals surface area (Å²) in [6, 6.07) is 14.6. The van der Waals surface area contributed by atoms with Crippen LogP contribution < -0.4 is 14.8 Å². The molecule has 0 unspecified atom stereocenters. The predicted octanol–water partition coefficient (Wildman–Crippen LogP) is 2.04. The minimum atomic E-state index is -3.50. The van der Waals surface area contributed by atoms with E-state index in [0.717, 1.165) is 11.1 Å². The number of rotatable bonds is 7. The van der Waals surface area contributed by atoms with Crippen molar-refractivity contribution in [1.29, 1.82) is 0 Å². The van der Waals surface area contributed by atoms with Crippen molar-refractivity contribution >= 4 is 22.0 Å². The van der Waals surface area contributed by atoms with E-state index in [-0.39, 0.29) is 18.7 Å². The SMILES string of the molecule is C[C@@H](C(=O)NCc1ccc2c(c1)OCO2)N1CCN(S(=O)(=O)/C=C/c2ccccc2)CC1. The first-order valence-electron chi connectivity index (χ1n) is 10.6. The van der Waals surface area contributed by atoms with Crippen LogP contribution in [0.3, 0.4) is 0 Å². The average Bonchev–Trinajstić information content (AvgIpc) is 3.29. The first kappa shape index (κ1) is 22.3. The van der Waals surface area contributed by atoms with Crippen LogP contribution in [0, 0.1) is 0 Å². The second kappa shape index (κ2) is 9.72. The summed E-state index contributed by atoms with van der Waals surface area (Å²) >= 11 is 0. The van der Waals surface area contributed by atoms with Crippen molar-refractivity contribution in [3.8, 4) is 11.5 Å². The number of carbonyl (C=O) groups excluding carboxylic acids is 1. The number of sulfonamides is 1. The molecule has 1 fully saturated rings. The summed E-state index contributed by atoms with van der Waals surface area (Å²) in [5.74, 6) is 1.30. The maximum absolute atomic E-state index is 12.6. The van der Waals surface area contributed by atoms with Gasteiger partial charge < -0.3 is 14.8 Å². The maximum Gasteiger partial charge on any atom is 0.237 e. The lowest BCUT2D eigenvalue weighted by molar-refractivity contribution is -0.126. The molecule has 1 saturated heterocycles. The van der Waals surface area contributed by atoms with Gasteiger partial charge in [-0.1, -0.05) is 36.4 Å². The number of hydrogen-bond acceptors (Lipinski definition) is 6. The number of benzene rings is 2. The van der Waals surface area contributed by atoms with E-state index >= 15 is 0 Å². The second-order valence-electron chi connectivity index (χ2n) is 7.77. The van der Waals surface area contributed by atoms with Gasteiger partial charge >= 0.3 is 0 Å². The summed E-state index contributed by atoms with van der Waals surface area (Å²) in [7, 11) is -3.50. The Bertz CT molecular complexity index is 1080. The van der Waals surface area contributed by atoms with Gasteiger partial charge in [-0.2, -0.15) is 4.31 Å². The van der Waals surface area contributed by atoms with Crippen molar-refractivity contribution in [2.75, 3.05) is 33.0 Å². The maximum atomic E-state index is 12.6. The van der Waals surface area contributed by atoms with E-state index < -0.39 is 10.0 Å². The lowest BCUT2D eigenvalue weighted by Crippen LogP contribution is -2.54. The van der Waals surface area contributed by atoms with E-state index in [4.69, 9.17) is 9.47 Å². The largest absolute Gasteiger partial charge is 0.454 e. The molecule has 32 heavy (non-hydrogen) atoms. The summed E-state index contributed by atoms with van der Waals surface area (Å²) in [6.45, 7) is 4.13. The van der Waals surface area contributed by atoms with Crippen LogP contribution in [-0.2, 0) is 21.4 Å². The quantitative estimate of drug-likeness (QED) is 0.685. The smallest absolute Gasteiger partial charge is 0.237 e. The molecule has 0 radical (unpaired) electrons. The highest BCUT2D eigenvalue weighted by molar-refractivity contribution is 7.92. The van der Waals surface area contributed by atoms with Crippen molar-refractivity contribution in [1.82, 2.24) is 14.5 Å². The third-order valence-corrected chi connectivity index (χ3v) is 7.26. The molecule has 1 atom stereocenters. The highest BCUT2D eigenvalue weighted by atomic mass is 32.2. The fourth-order valence-corrected chi connectivity index (χ4v) is 4.89. The minimum absolute atomic E-state index is 0.0945. The van der Waals surface area contributed by atoms with Crippen molar-refractivity contribution < 1.29 is 22.7 Å². The summed E-state index contributed by atoms with van der Waals surface area (Å²) < 4.78 is 37.4. The Balaban J connectivity index is 1.26. The number of carbonyl (C=O) groups is 1. The van der Waals surface area contributed by atoms with Crippen LogP contribution in [-0.4, -0.2) is 62.5 Å². The minimum Gasteiger partial charge on any atom is -0.454 e. The summed E-state index contributed by atoms with van der Waals surface area (Å²) in [6.07, 6.45) is 1.61. The highest BCUT2D eigenvalue weighted by Gasteiger charge is 2.29. The Morgan fingerprint density at radius 3 is 2.53 bits per heavy atom. The number of amides is 1. The van der Waals surface area contributed by atoms with E-state index in [1.165, 1.54) is 9.71 Å². The lowest BCUT2D eigenvalue weighted by atomic mass is 10.2. The Hall–Kier alpha value is -2.88. The molecule has 0 saturated carbocycles. The molecule has 2 aromatic carbocycles. The molecular formula is C23H27N3O5S. The molecule has 1 N–H and O–H groups in total. The molecular weight excluding hydrogens is 430 g/mol. The van der Waals surface area contributed by atoms with Crippen LogP contribution in [0.25, 0.3) is 6.08 Å². The van der Waals surface area contributed by atoms with E-state index in [2.05, 4.69) is 5.32 Å². The van der Waals surface area contributed by atoms with Gasteiger partial charge in [0, 0.05) is 38.1 Å². The number of nitrogens with one attached hydrogen (secondary N) is 1. The fourth-order valence-electron chi connectivity index (χ4n) is 3.71. The second-order valence-corrected chi connectivity index (χ2v) is 9.59. The summed E-state index contributed by atoms with van der Waals surface area (Å²) in [5, 5.41) is 4.20. The number of ether oxygens (including phenoxy) is 2. The number of hydrogen-bond donors (Lipinski definition) is 1. The Labute approximate surface area is 188 Å². The molecule has 1 amide bonds. The van der Waals surface area contributed by atoms with Crippen molar-refractivity contribution in [3.63, 3.8) is 0 Å². The molecule has 0 aromatic heterocycles. The zero-order chi connectivity index (χ0) is 22.6. The fraction of sp³-hybridized carbons (Fsp3) is 0.348. The highest BCUT2D eigenvalue weighted by Crippen LogP contribution is 2.32. The third-order valence-electron chi connectivity index (χ3n) is 5.70. The molecule has 4 rings (SSSR count). The molecule has 0 spiro atoms. The van der Waals surface area contributed by atoms with Gasteiger partial charge in [0.15, 0.2) is 11.5 Å². The third kappa shape index (κ3) is 5.29. The molecule has 2 heterocycles. The zero-order valence-electron chi connectivity index (χ0n) is 17.9. The van der Waals surface area contributed by atoms with Gasteiger partial charge in [-0.25, -0.2) is 8.42 Å². The van der Waals surface area contributed by atoms with Gasteiger partial charge in [0.2, 0.25) is 22.7 Å². The van der Waals surface area contributed by atoms with Crippen LogP contribution in [0.2, 0.25) is 0 Å². The van der Waals surface area contributed by atoms with Crippen LogP contribution in [0.4, 0.5) is 0 Å². The Morgan fingerprint density at radius 2 is 1.78 bits per heavy atom. The van der Waals surface area contributed by atoms with Gasteiger partial charge in [0.05, 0.1) is 6.04 Å². The van der Waals surface area contributed by atoms with Gasteiger partial charge in [-0.05, 0) is 36.3 Å². The van der Waals surface area contributed by atoms with E-state index in [9.17, 15) is 13.2 Å². The van der Waals surface area contributed by atoms with Crippen LogP contribution in [0.5, 0.6) is 11.5 Å². The average molecular weight is 458 g/mol. The molecule has 2 aromatic rings. The van der Waals surface area contributed by atoms with Crippen LogP contribution in [0.1, 0.15) is 18.1 Å². The summed E-state index contributed by atoms with van der Waals surface area (Å²) in [5.41, 5.74) is 1.76. The lowest BCUT2D eigenvalue weighted by Gasteiger charge is -2.36. The standard InChI is InChI=1S/C23H27N3O5S/c1-18(23(27)24-16-20-7-8-21-22(15-20)31-17-30-21)25-10-12-26(13-11-25)32(28,29)14-9-19-5-3-2-4-6-19/h2-9,14-15,18H,10-13,16-17H2,1H3,(H,24,27)/b14-9+/t18-/m0/s1. The van der Waals surface area contributed by atoms with E-state index in [1.54, 1.807) is 6.08 Å². The zero-order valence-corrected chi connectivity index (χ0v) is 18.8. The molecule has 2 aliphatic heterocycles. The number of fused-ring (bicyclic) bond motifs is 1. The number of piperazine rings is 1. The normalized spacial score (nSPS) is 18.0. The van der Waals surface area contributed by atoms with Gasteiger partial charge in [0.25, 0.3) is 0 Å². The van der Waals surface area contributed by atoms with Crippen molar-refractivity contribution in [3.05, 3.63) is 65.1 Å². The van der Waals surface area contributed by atoms with E-state index in [1.807, 2.05) is 60.4 Å². The predicted molar refractivity (Wildman–Crippen MR) is 121 cm³/mol. The van der Waals surface area contributed by atoms with Gasteiger partial charge in [0.1, 0.15) is 0 Å². The van der Waals surface area contributed by atoms with Gasteiger partial charge in [-0.3, -0.25) is 9.69 Å². The molecule has 9 heteroatoms. The van der Waals surface area contributed by atoms with Crippen LogP contribution in [0.15, 0.2) is 53.9 Å². The Kier molecular flexibility index (Phi) is 6.78. The first-order chi connectivity index (χ1) is 15.4. The van der Waals surface area contributed by atoms with Crippen LogP contribution >= 0.6 is 0 Å². The van der Waals surface area contributed by atoms with Crippen molar-refractivity contribution in [2.45, 2.75) is 19.5 Å². The molecule has 2 aliphatic rings. The molecule has 0 bridgehead atoms. The van der Waals surface area contributed by atoms with Gasteiger partial charge in [-0.15, -0.1) is 0 Å². The number of nitrogens with zero attached hydrogens (tertiary/aromatic N) is 2. The summed E-state index contributed by atoms with van der Waals surface area (Å²) in [4.78, 5) is 14.6. The molecule has 170 valence electrons. The van der Waals surface area contributed by atoms with E-state index in [0.29, 0.717) is 44.2 Å². The Morgan fingerprint density at radius 1 is 1.06 bits per heavy atom. The first-order valence-corrected chi connectivity index (χ1v) is 12.1. The topological polar surface area (TPSA) is 88.2 Å². The molecule has 0 aliphatic carbocycles.